The van der Waals surface area contributed by atoms with Gasteiger partial charge in [-0.3, -0.25) is 9.89 Å². The molecular weight excluding hydrogens is 313 g/mol. The zero-order valence-electron chi connectivity index (χ0n) is 10.6. The first-order valence-corrected chi connectivity index (χ1v) is 7.25. The first-order chi connectivity index (χ1) is 10.1. The van der Waals surface area contributed by atoms with E-state index in [1.165, 1.54) is 12.1 Å². The minimum absolute atomic E-state index is 0.00718. The van der Waals surface area contributed by atoms with Crippen molar-refractivity contribution >= 4 is 34.5 Å². The molecule has 7 heteroatoms. The number of thiophene rings is 1. The fourth-order valence-electron chi connectivity index (χ4n) is 1.77. The van der Waals surface area contributed by atoms with Crippen LogP contribution in [0.2, 0.25) is 5.02 Å². The van der Waals surface area contributed by atoms with Gasteiger partial charge >= 0.3 is 0 Å². The van der Waals surface area contributed by atoms with Gasteiger partial charge in [0.2, 0.25) is 0 Å². The maximum absolute atomic E-state index is 13.3. The largest absolute Gasteiger partial charge is 0.320 e. The minimum atomic E-state index is -0.587. The molecule has 0 saturated carbocycles. The smallest absolute Gasteiger partial charge is 0.276 e. The molecule has 3 rings (SSSR count). The average molecular weight is 322 g/mol. The summed E-state index contributed by atoms with van der Waals surface area (Å²) in [6, 6.07) is 9.55. The van der Waals surface area contributed by atoms with Crippen molar-refractivity contribution in [2.75, 3.05) is 5.32 Å². The number of amides is 1. The van der Waals surface area contributed by atoms with Gasteiger partial charge in [0, 0.05) is 5.69 Å². The molecule has 3 aromatic rings. The summed E-state index contributed by atoms with van der Waals surface area (Å²) in [6.45, 7) is 0. The van der Waals surface area contributed by atoms with Crippen molar-refractivity contribution in [3.05, 3.63) is 58.3 Å². The van der Waals surface area contributed by atoms with Gasteiger partial charge in [0.05, 0.1) is 15.6 Å². The fraction of sp³-hybridized carbons (Fsp3) is 0. The number of hydrogen-bond donors (Lipinski definition) is 2. The molecular formula is C14H9ClFN3OS. The van der Waals surface area contributed by atoms with E-state index in [-0.39, 0.29) is 10.7 Å². The van der Waals surface area contributed by atoms with E-state index in [4.69, 9.17) is 11.6 Å². The van der Waals surface area contributed by atoms with E-state index in [1.54, 1.807) is 17.4 Å². The molecule has 0 bridgehead atoms. The molecule has 106 valence electrons. The highest BCUT2D eigenvalue weighted by Crippen LogP contribution is 2.23. The SMILES string of the molecule is O=C(Nc1ccc(Cl)c(F)c1)c1cc(-c2cccs2)[nH]n1. The van der Waals surface area contributed by atoms with Gasteiger partial charge in [0.25, 0.3) is 5.91 Å². The Morgan fingerprint density at radius 2 is 2.19 bits per heavy atom. The van der Waals surface area contributed by atoms with E-state index >= 15 is 0 Å². The van der Waals surface area contributed by atoms with E-state index in [9.17, 15) is 9.18 Å². The van der Waals surface area contributed by atoms with Gasteiger partial charge in [0.15, 0.2) is 5.69 Å². The van der Waals surface area contributed by atoms with Gasteiger partial charge in [-0.05, 0) is 35.7 Å². The Kier molecular flexibility index (Phi) is 3.72. The van der Waals surface area contributed by atoms with Crippen molar-refractivity contribution in [1.82, 2.24) is 10.2 Å². The summed E-state index contributed by atoms with van der Waals surface area (Å²) in [5.41, 5.74) is 1.31. The second kappa shape index (κ2) is 5.67. The van der Waals surface area contributed by atoms with Crippen LogP contribution in [0.3, 0.4) is 0 Å². The topological polar surface area (TPSA) is 57.8 Å². The molecule has 1 amide bonds. The molecule has 2 aromatic heterocycles. The predicted octanol–water partition coefficient (Wildman–Crippen LogP) is 4.18. The monoisotopic (exact) mass is 321 g/mol. The number of hydrogen-bond acceptors (Lipinski definition) is 3. The average Bonchev–Trinajstić information content (AvgIpc) is 3.12. The second-order valence-electron chi connectivity index (χ2n) is 4.23. The van der Waals surface area contributed by atoms with Crippen LogP contribution < -0.4 is 5.32 Å². The quantitative estimate of drug-likeness (QED) is 0.760. The van der Waals surface area contributed by atoms with Gasteiger partial charge in [-0.1, -0.05) is 17.7 Å². The number of anilines is 1. The lowest BCUT2D eigenvalue weighted by Gasteiger charge is -2.03. The fourth-order valence-corrected chi connectivity index (χ4v) is 2.58. The highest BCUT2D eigenvalue weighted by molar-refractivity contribution is 7.13. The molecule has 0 aliphatic carbocycles. The van der Waals surface area contributed by atoms with Crippen molar-refractivity contribution < 1.29 is 9.18 Å². The first-order valence-electron chi connectivity index (χ1n) is 5.99. The highest BCUT2D eigenvalue weighted by Gasteiger charge is 2.13. The van der Waals surface area contributed by atoms with Crippen molar-refractivity contribution in [2.45, 2.75) is 0 Å². The van der Waals surface area contributed by atoms with Crippen molar-refractivity contribution in [1.29, 1.82) is 0 Å². The standard InChI is InChI=1S/C14H9ClFN3OS/c15-9-4-3-8(6-10(9)16)17-14(20)12-7-11(18-19-12)13-2-1-5-21-13/h1-7H,(H,17,20)(H,18,19). The zero-order valence-corrected chi connectivity index (χ0v) is 12.1. The Morgan fingerprint density at radius 1 is 1.33 bits per heavy atom. The number of H-pyrrole nitrogens is 1. The van der Waals surface area contributed by atoms with Crippen LogP contribution in [-0.4, -0.2) is 16.1 Å². The number of benzene rings is 1. The van der Waals surface area contributed by atoms with Gasteiger partial charge in [-0.15, -0.1) is 11.3 Å². The maximum Gasteiger partial charge on any atom is 0.276 e. The van der Waals surface area contributed by atoms with Crippen molar-refractivity contribution in [2.24, 2.45) is 0 Å². The number of halogens is 2. The molecule has 2 N–H and O–H groups in total. The molecule has 0 radical (unpaired) electrons. The summed E-state index contributed by atoms with van der Waals surface area (Å²) in [4.78, 5) is 13.0. The van der Waals surface area contributed by atoms with Gasteiger partial charge in [0.1, 0.15) is 5.82 Å². The third-order valence-corrected chi connectivity index (χ3v) is 3.98. The molecule has 0 aliphatic heterocycles. The number of nitrogens with one attached hydrogen (secondary N) is 2. The van der Waals surface area contributed by atoms with Crippen LogP contribution >= 0.6 is 22.9 Å². The number of carbonyl (C=O) groups is 1. The maximum atomic E-state index is 13.3. The van der Waals surface area contributed by atoms with E-state index in [1.807, 2.05) is 17.5 Å². The molecule has 4 nitrogen and oxygen atoms in total. The van der Waals surface area contributed by atoms with E-state index < -0.39 is 11.7 Å². The molecule has 2 heterocycles. The summed E-state index contributed by atoms with van der Waals surface area (Å²) >= 11 is 7.13. The van der Waals surface area contributed by atoms with Gasteiger partial charge < -0.3 is 5.32 Å². The molecule has 0 atom stereocenters. The summed E-state index contributed by atoms with van der Waals surface area (Å²) in [5, 5.41) is 11.3. The van der Waals surface area contributed by atoms with E-state index in [0.29, 0.717) is 5.69 Å². The Balaban J connectivity index is 1.78. The van der Waals surface area contributed by atoms with Crippen molar-refractivity contribution in [3.8, 4) is 10.6 Å². The summed E-state index contributed by atoms with van der Waals surface area (Å²) in [7, 11) is 0. The third-order valence-electron chi connectivity index (χ3n) is 2.77. The van der Waals surface area contributed by atoms with Crippen LogP contribution in [0, 0.1) is 5.82 Å². The number of carbonyl (C=O) groups excluding carboxylic acids is 1. The van der Waals surface area contributed by atoms with Crippen LogP contribution in [0.5, 0.6) is 0 Å². The predicted molar refractivity (Wildman–Crippen MR) is 81.3 cm³/mol. The summed E-state index contributed by atoms with van der Waals surface area (Å²) in [5.74, 6) is -1.01. The van der Waals surface area contributed by atoms with Crippen LogP contribution in [-0.2, 0) is 0 Å². The Labute approximate surface area is 128 Å². The Morgan fingerprint density at radius 3 is 2.90 bits per heavy atom. The molecule has 0 aliphatic rings. The lowest BCUT2D eigenvalue weighted by atomic mass is 10.2. The molecule has 0 spiro atoms. The van der Waals surface area contributed by atoms with Gasteiger partial charge in [-0.2, -0.15) is 5.10 Å². The van der Waals surface area contributed by atoms with Crippen molar-refractivity contribution in [3.63, 3.8) is 0 Å². The summed E-state index contributed by atoms with van der Waals surface area (Å²) in [6.07, 6.45) is 0. The number of nitrogens with zero attached hydrogens (tertiary/aromatic N) is 1. The number of aromatic nitrogens is 2. The number of rotatable bonds is 3. The second-order valence-corrected chi connectivity index (χ2v) is 5.58. The van der Waals surface area contributed by atoms with E-state index in [0.717, 1.165) is 16.6 Å². The normalized spacial score (nSPS) is 10.6. The van der Waals surface area contributed by atoms with Crippen LogP contribution in [0.1, 0.15) is 10.5 Å². The zero-order chi connectivity index (χ0) is 14.8. The molecule has 0 unspecified atom stereocenters. The lowest BCUT2D eigenvalue weighted by molar-refractivity contribution is 0.102. The molecule has 0 fully saturated rings. The summed E-state index contributed by atoms with van der Waals surface area (Å²) < 4.78 is 13.3. The third kappa shape index (κ3) is 2.96. The molecule has 1 aromatic carbocycles. The highest BCUT2D eigenvalue weighted by atomic mass is 35.5. The minimum Gasteiger partial charge on any atom is -0.320 e. The molecule has 21 heavy (non-hydrogen) atoms. The van der Waals surface area contributed by atoms with Crippen LogP contribution in [0.4, 0.5) is 10.1 Å². The Hall–Kier alpha value is -2.18. The van der Waals surface area contributed by atoms with Crippen LogP contribution in [0.15, 0.2) is 41.8 Å². The van der Waals surface area contributed by atoms with Crippen LogP contribution in [0.25, 0.3) is 10.6 Å². The molecule has 0 saturated heterocycles. The van der Waals surface area contributed by atoms with Gasteiger partial charge in [-0.25, -0.2) is 4.39 Å². The van der Waals surface area contributed by atoms with E-state index in [2.05, 4.69) is 15.5 Å². The first kappa shape index (κ1) is 13.8. The number of aromatic amines is 1. The Bertz CT molecular complexity index is 785. The lowest BCUT2D eigenvalue weighted by Crippen LogP contribution is -2.12.